The molecule has 2 N–H and O–H groups in total. The number of carbonyl (C=O) groups excluding carboxylic acids is 3. The molecule has 0 aromatic heterocycles. The molecular weight excluding hydrogens is 332 g/mol. The summed E-state index contributed by atoms with van der Waals surface area (Å²) < 4.78 is 0. The van der Waals surface area contributed by atoms with Crippen LogP contribution in [0.5, 0.6) is 0 Å². The van der Waals surface area contributed by atoms with Gasteiger partial charge in [-0.3, -0.25) is 19.3 Å². The van der Waals surface area contributed by atoms with Crippen LogP contribution in [-0.2, 0) is 4.79 Å². The van der Waals surface area contributed by atoms with Crippen molar-refractivity contribution in [3.63, 3.8) is 0 Å². The monoisotopic (exact) mass is 348 g/mol. The van der Waals surface area contributed by atoms with Crippen LogP contribution in [0.25, 0.3) is 0 Å². The largest absolute Gasteiger partial charge is 0.480 e. The zero-order valence-electron chi connectivity index (χ0n) is 13.0. The van der Waals surface area contributed by atoms with E-state index in [0.717, 1.165) is 4.90 Å². The summed E-state index contributed by atoms with van der Waals surface area (Å²) in [5.41, 5.74) is -0.693. The average Bonchev–Trinajstić information content (AvgIpc) is 2.79. The first-order valence-electron chi connectivity index (χ1n) is 7.46. The number of amides is 3. The first-order chi connectivity index (χ1) is 11.4. The van der Waals surface area contributed by atoms with Gasteiger partial charge in [-0.15, -0.1) is 0 Å². The van der Waals surface area contributed by atoms with E-state index in [1.165, 1.54) is 25.2 Å². The molecule has 126 valence electrons. The molecule has 0 unspecified atom stereocenters. The van der Waals surface area contributed by atoms with E-state index in [1.54, 1.807) is 11.8 Å². The Labute approximate surface area is 142 Å². The van der Waals surface area contributed by atoms with E-state index in [1.807, 2.05) is 0 Å². The standard InChI is InChI=1S/C16H16N2O5S/c1-18-13(20)10-3-2-9(8-11(10)14(18)21)12(19)17-16(15(22)23)4-6-24-7-5-16/h2-3,8H,4-7H2,1H3,(H,17,19)(H,22,23). The van der Waals surface area contributed by atoms with Crippen molar-refractivity contribution in [2.45, 2.75) is 18.4 Å². The van der Waals surface area contributed by atoms with Gasteiger partial charge in [-0.1, -0.05) is 0 Å². The predicted molar refractivity (Wildman–Crippen MR) is 87.3 cm³/mol. The number of imide groups is 1. The molecule has 1 aromatic carbocycles. The van der Waals surface area contributed by atoms with Crippen LogP contribution in [0.4, 0.5) is 0 Å². The van der Waals surface area contributed by atoms with E-state index in [0.29, 0.717) is 24.3 Å². The molecule has 8 heteroatoms. The summed E-state index contributed by atoms with van der Waals surface area (Å²) in [5.74, 6) is -1.16. The lowest BCUT2D eigenvalue weighted by atomic mass is 9.91. The van der Waals surface area contributed by atoms with Crippen molar-refractivity contribution in [1.82, 2.24) is 10.2 Å². The van der Waals surface area contributed by atoms with E-state index in [4.69, 9.17) is 0 Å². The van der Waals surface area contributed by atoms with Crippen LogP contribution in [0.3, 0.4) is 0 Å². The second-order valence-electron chi connectivity index (χ2n) is 5.88. The Morgan fingerprint density at radius 1 is 1.17 bits per heavy atom. The van der Waals surface area contributed by atoms with E-state index in [2.05, 4.69) is 5.32 Å². The molecule has 3 rings (SSSR count). The molecule has 2 heterocycles. The zero-order chi connectivity index (χ0) is 17.5. The molecule has 0 bridgehead atoms. The quantitative estimate of drug-likeness (QED) is 0.790. The number of thioether (sulfide) groups is 1. The zero-order valence-corrected chi connectivity index (χ0v) is 13.8. The van der Waals surface area contributed by atoms with Crippen LogP contribution >= 0.6 is 11.8 Å². The van der Waals surface area contributed by atoms with Crippen molar-refractivity contribution >= 4 is 35.5 Å². The van der Waals surface area contributed by atoms with Gasteiger partial charge in [0.1, 0.15) is 5.54 Å². The number of hydrogen-bond donors (Lipinski definition) is 2. The molecule has 7 nitrogen and oxygen atoms in total. The normalized spacial score (nSPS) is 19.1. The van der Waals surface area contributed by atoms with Gasteiger partial charge in [0.25, 0.3) is 17.7 Å². The van der Waals surface area contributed by atoms with E-state index < -0.39 is 29.2 Å². The maximum atomic E-state index is 12.5. The highest BCUT2D eigenvalue weighted by Crippen LogP contribution is 2.28. The van der Waals surface area contributed by atoms with Gasteiger partial charge in [0.15, 0.2) is 0 Å². The Hall–Kier alpha value is -2.35. The Morgan fingerprint density at radius 3 is 2.42 bits per heavy atom. The Bertz CT molecular complexity index is 755. The van der Waals surface area contributed by atoms with Gasteiger partial charge in [-0.25, -0.2) is 4.79 Å². The van der Waals surface area contributed by atoms with Crippen molar-refractivity contribution in [2.24, 2.45) is 0 Å². The summed E-state index contributed by atoms with van der Waals surface area (Å²) in [6.45, 7) is 0. The highest BCUT2D eigenvalue weighted by Gasteiger charge is 2.42. The number of fused-ring (bicyclic) bond motifs is 1. The lowest BCUT2D eigenvalue weighted by Crippen LogP contribution is -2.56. The fourth-order valence-electron chi connectivity index (χ4n) is 2.90. The smallest absolute Gasteiger partial charge is 0.329 e. The van der Waals surface area contributed by atoms with Gasteiger partial charge in [0.05, 0.1) is 11.1 Å². The van der Waals surface area contributed by atoms with E-state index >= 15 is 0 Å². The number of nitrogens with one attached hydrogen (secondary N) is 1. The van der Waals surface area contributed by atoms with Gasteiger partial charge in [-0.05, 0) is 42.5 Å². The summed E-state index contributed by atoms with van der Waals surface area (Å²) in [5, 5.41) is 12.1. The summed E-state index contributed by atoms with van der Waals surface area (Å²) in [7, 11) is 1.38. The number of carbonyl (C=O) groups is 4. The van der Waals surface area contributed by atoms with Crippen LogP contribution in [-0.4, -0.2) is 57.8 Å². The van der Waals surface area contributed by atoms with Crippen molar-refractivity contribution in [3.8, 4) is 0 Å². The lowest BCUT2D eigenvalue weighted by molar-refractivity contribution is -0.144. The molecule has 0 radical (unpaired) electrons. The van der Waals surface area contributed by atoms with Crippen molar-refractivity contribution in [3.05, 3.63) is 34.9 Å². The molecule has 2 aliphatic rings. The summed E-state index contributed by atoms with van der Waals surface area (Å²) in [6.07, 6.45) is 0.702. The molecule has 1 saturated heterocycles. The molecule has 0 aliphatic carbocycles. The minimum absolute atomic E-state index is 0.165. The van der Waals surface area contributed by atoms with Crippen LogP contribution < -0.4 is 5.32 Å². The van der Waals surface area contributed by atoms with Gasteiger partial charge in [-0.2, -0.15) is 11.8 Å². The van der Waals surface area contributed by atoms with E-state index in [-0.39, 0.29) is 16.7 Å². The predicted octanol–water partition coefficient (Wildman–Crippen LogP) is 0.993. The SMILES string of the molecule is CN1C(=O)c2ccc(C(=O)NC3(C(=O)O)CCSCC3)cc2C1=O. The molecule has 2 aliphatic heterocycles. The maximum Gasteiger partial charge on any atom is 0.329 e. The molecule has 1 aromatic rings. The molecule has 1 fully saturated rings. The molecule has 0 spiro atoms. The van der Waals surface area contributed by atoms with Crippen molar-refractivity contribution in [1.29, 1.82) is 0 Å². The Kier molecular flexibility index (Phi) is 4.08. The lowest BCUT2D eigenvalue weighted by Gasteiger charge is -2.33. The molecule has 3 amide bonds. The number of aliphatic carboxylic acids is 1. The number of benzene rings is 1. The average molecular weight is 348 g/mol. The number of hydrogen-bond acceptors (Lipinski definition) is 5. The first-order valence-corrected chi connectivity index (χ1v) is 8.61. The van der Waals surface area contributed by atoms with Crippen LogP contribution in [0.15, 0.2) is 18.2 Å². The molecular formula is C16H16N2O5S. The third-order valence-corrected chi connectivity index (χ3v) is 5.45. The Balaban J connectivity index is 1.88. The fraction of sp³-hybridized carbons (Fsp3) is 0.375. The number of nitrogens with zero attached hydrogens (tertiary/aromatic N) is 1. The van der Waals surface area contributed by atoms with Gasteiger partial charge >= 0.3 is 5.97 Å². The second-order valence-corrected chi connectivity index (χ2v) is 7.11. The van der Waals surface area contributed by atoms with Crippen LogP contribution in [0.2, 0.25) is 0 Å². The highest BCUT2D eigenvalue weighted by molar-refractivity contribution is 7.99. The topological polar surface area (TPSA) is 104 Å². The summed E-state index contributed by atoms with van der Waals surface area (Å²) in [4.78, 5) is 49.0. The van der Waals surface area contributed by atoms with Gasteiger partial charge in [0.2, 0.25) is 0 Å². The minimum Gasteiger partial charge on any atom is -0.480 e. The van der Waals surface area contributed by atoms with Crippen molar-refractivity contribution < 1.29 is 24.3 Å². The van der Waals surface area contributed by atoms with Crippen LogP contribution in [0.1, 0.15) is 43.9 Å². The summed E-state index contributed by atoms with van der Waals surface area (Å²) in [6, 6.07) is 4.21. The number of carboxylic acids is 1. The third kappa shape index (κ3) is 2.56. The third-order valence-electron chi connectivity index (χ3n) is 4.46. The van der Waals surface area contributed by atoms with Crippen molar-refractivity contribution in [2.75, 3.05) is 18.6 Å². The summed E-state index contributed by atoms with van der Waals surface area (Å²) >= 11 is 1.65. The fourth-order valence-corrected chi connectivity index (χ4v) is 4.09. The van der Waals surface area contributed by atoms with Crippen LogP contribution in [0, 0.1) is 0 Å². The Morgan fingerprint density at radius 2 is 1.79 bits per heavy atom. The van der Waals surface area contributed by atoms with Gasteiger partial charge < -0.3 is 10.4 Å². The second kappa shape index (κ2) is 5.94. The first kappa shape index (κ1) is 16.5. The molecule has 0 atom stereocenters. The maximum absolute atomic E-state index is 12.5. The van der Waals surface area contributed by atoms with Gasteiger partial charge in [0, 0.05) is 12.6 Å². The van der Waals surface area contributed by atoms with E-state index in [9.17, 15) is 24.3 Å². The number of rotatable bonds is 3. The minimum atomic E-state index is -1.28. The highest BCUT2D eigenvalue weighted by atomic mass is 32.2. The molecule has 0 saturated carbocycles. The molecule has 24 heavy (non-hydrogen) atoms. The number of carboxylic acid groups (broad SMARTS) is 1.